The van der Waals surface area contributed by atoms with E-state index in [9.17, 15) is 4.39 Å². The lowest BCUT2D eigenvalue weighted by Gasteiger charge is -2.10. The molecule has 0 aliphatic carbocycles. The maximum atomic E-state index is 14.0. The number of methoxy groups -OCH3 is 1. The van der Waals surface area contributed by atoms with Gasteiger partial charge in [0.05, 0.1) is 12.8 Å². The van der Waals surface area contributed by atoms with Crippen LogP contribution in [-0.4, -0.2) is 17.3 Å². The molecule has 0 spiro atoms. The summed E-state index contributed by atoms with van der Waals surface area (Å²) in [6.07, 6.45) is 0. The quantitative estimate of drug-likeness (QED) is 0.885. The molecule has 0 unspecified atom stereocenters. The van der Waals surface area contributed by atoms with Crippen molar-refractivity contribution in [2.75, 3.05) is 12.8 Å². The maximum absolute atomic E-state index is 14.0. The molecule has 18 heavy (non-hydrogen) atoms. The smallest absolute Gasteiger partial charge is 0.149 e. The van der Waals surface area contributed by atoms with Crippen molar-refractivity contribution in [1.82, 2.24) is 10.2 Å². The van der Waals surface area contributed by atoms with Crippen molar-refractivity contribution in [3.63, 3.8) is 0 Å². The lowest BCUT2D eigenvalue weighted by molar-refractivity contribution is 0.411. The van der Waals surface area contributed by atoms with E-state index >= 15 is 0 Å². The van der Waals surface area contributed by atoms with Crippen molar-refractivity contribution in [1.29, 1.82) is 0 Å². The third kappa shape index (κ3) is 1.99. The van der Waals surface area contributed by atoms with E-state index in [1.54, 1.807) is 12.1 Å². The number of anilines is 1. The molecule has 0 saturated heterocycles. The highest BCUT2D eigenvalue weighted by molar-refractivity contribution is 5.67. The van der Waals surface area contributed by atoms with Crippen molar-refractivity contribution in [2.24, 2.45) is 0 Å². The Bertz CT molecular complexity index is 599. The fourth-order valence-electron chi connectivity index (χ4n) is 1.69. The van der Waals surface area contributed by atoms with E-state index < -0.39 is 5.82 Å². The van der Waals surface area contributed by atoms with Crippen LogP contribution >= 0.6 is 0 Å². The molecule has 0 aliphatic rings. The minimum atomic E-state index is -0.393. The second-order valence-electron chi connectivity index (χ2n) is 4.03. The average molecular weight is 247 g/mol. The molecule has 5 heteroatoms. The summed E-state index contributed by atoms with van der Waals surface area (Å²) in [5.74, 6) is 0.440. The highest BCUT2D eigenvalue weighted by atomic mass is 19.1. The topological polar surface area (TPSA) is 61.0 Å². The van der Waals surface area contributed by atoms with E-state index in [0.717, 1.165) is 11.1 Å². The lowest BCUT2D eigenvalue weighted by Crippen LogP contribution is -2.03. The average Bonchev–Trinajstić information content (AvgIpc) is 2.37. The molecule has 4 nitrogen and oxygen atoms in total. The Hall–Kier alpha value is -2.17. The molecule has 1 aromatic heterocycles. The first-order valence-electron chi connectivity index (χ1n) is 5.48. The van der Waals surface area contributed by atoms with Gasteiger partial charge in [-0.2, -0.15) is 0 Å². The van der Waals surface area contributed by atoms with E-state index in [4.69, 9.17) is 10.5 Å². The highest BCUT2D eigenvalue weighted by Crippen LogP contribution is 2.28. The summed E-state index contributed by atoms with van der Waals surface area (Å²) in [4.78, 5) is 0. The number of nitrogens with two attached hydrogens (primary N) is 1. The monoisotopic (exact) mass is 247 g/mol. The van der Waals surface area contributed by atoms with Gasteiger partial charge in [0.1, 0.15) is 17.4 Å². The van der Waals surface area contributed by atoms with Crippen LogP contribution in [0.4, 0.5) is 10.2 Å². The molecule has 0 fully saturated rings. The van der Waals surface area contributed by atoms with Crippen LogP contribution < -0.4 is 10.5 Å². The number of aromatic nitrogens is 2. The Kier molecular flexibility index (Phi) is 3.14. The van der Waals surface area contributed by atoms with E-state index in [-0.39, 0.29) is 0 Å². The fraction of sp³-hybridized carbons (Fsp3) is 0.231. The first kappa shape index (κ1) is 12.3. The second kappa shape index (κ2) is 4.60. The Morgan fingerprint density at radius 1 is 1.17 bits per heavy atom. The van der Waals surface area contributed by atoms with Gasteiger partial charge in [-0.25, -0.2) is 4.39 Å². The third-order valence-corrected chi connectivity index (χ3v) is 2.99. The molecule has 2 aromatic rings. The fourth-order valence-corrected chi connectivity index (χ4v) is 1.69. The van der Waals surface area contributed by atoms with Gasteiger partial charge in [-0.15, -0.1) is 10.2 Å². The van der Waals surface area contributed by atoms with Crippen molar-refractivity contribution in [3.05, 3.63) is 35.1 Å². The van der Waals surface area contributed by atoms with Crippen molar-refractivity contribution >= 4 is 5.82 Å². The predicted octanol–water partition coefficient (Wildman–Crippen LogP) is 2.49. The molecule has 2 rings (SSSR count). The molecule has 0 saturated carbocycles. The second-order valence-corrected chi connectivity index (χ2v) is 4.03. The Balaban J connectivity index is 2.59. The van der Waals surface area contributed by atoms with E-state index in [2.05, 4.69) is 10.2 Å². The zero-order chi connectivity index (χ0) is 13.3. The Labute approximate surface area is 105 Å². The van der Waals surface area contributed by atoms with Gasteiger partial charge in [0.2, 0.25) is 0 Å². The molecule has 0 radical (unpaired) electrons. The largest absolute Gasteiger partial charge is 0.497 e. The van der Waals surface area contributed by atoms with Gasteiger partial charge in [0.15, 0.2) is 0 Å². The normalized spacial score (nSPS) is 10.4. The number of nitrogens with zero attached hydrogens (tertiary/aromatic N) is 2. The zero-order valence-corrected chi connectivity index (χ0v) is 10.5. The van der Waals surface area contributed by atoms with Crippen LogP contribution in [0.15, 0.2) is 18.2 Å². The minimum Gasteiger partial charge on any atom is -0.497 e. The van der Waals surface area contributed by atoms with E-state index in [1.165, 1.54) is 13.2 Å². The number of ether oxygens (including phenoxy) is 1. The summed E-state index contributed by atoms with van der Waals surface area (Å²) in [7, 11) is 1.49. The van der Waals surface area contributed by atoms with Crippen LogP contribution in [0.3, 0.4) is 0 Å². The highest BCUT2D eigenvalue weighted by Gasteiger charge is 2.14. The molecule has 1 aromatic carbocycles. The van der Waals surface area contributed by atoms with Crippen molar-refractivity contribution in [3.8, 4) is 17.0 Å². The number of nitrogen functional groups attached to an aromatic ring is 1. The SMILES string of the molecule is COc1ccc(-c2nnc(N)c(C)c2C)c(F)c1. The molecular weight excluding hydrogens is 233 g/mol. The van der Waals surface area contributed by atoms with Crippen LogP contribution in [0.2, 0.25) is 0 Å². The number of halogens is 1. The van der Waals surface area contributed by atoms with Crippen LogP contribution in [0.5, 0.6) is 5.75 Å². The number of hydrogen-bond donors (Lipinski definition) is 1. The van der Waals surface area contributed by atoms with Crippen molar-refractivity contribution in [2.45, 2.75) is 13.8 Å². The molecule has 94 valence electrons. The molecule has 2 N–H and O–H groups in total. The summed E-state index contributed by atoms with van der Waals surface area (Å²) >= 11 is 0. The van der Waals surface area contributed by atoms with E-state index in [1.807, 2.05) is 13.8 Å². The minimum absolute atomic E-state index is 0.366. The number of hydrogen-bond acceptors (Lipinski definition) is 4. The van der Waals surface area contributed by atoms with Gasteiger partial charge < -0.3 is 10.5 Å². The summed E-state index contributed by atoms with van der Waals surface area (Å²) < 4.78 is 18.9. The lowest BCUT2D eigenvalue weighted by atomic mass is 10.0. The molecule has 0 aliphatic heterocycles. The van der Waals surface area contributed by atoms with Gasteiger partial charge in [0, 0.05) is 11.6 Å². The number of rotatable bonds is 2. The molecule has 0 bridgehead atoms. The maximum Gasteiger partial charge on any atom is 0.149 e. The predicted molar refractivity (Wildman–Crippen MR) is 67.9 cm³/mol. The number of benzene rings is 1. The standard InChI is InChI=1S/C13H14FN3O/c1-7-8(2)13(15)17-16-12(7)10-5-4-9(18-3)6-11(10)14/h4-6H,1-3H3,(H2,15,17). The van der Waals surface area contributed by atoms with Gasteiger partial charge in [-0.1, -0.05) is 0 Å². The third-order valence-electron chi connectivity index (χ3n) is 2.99. The Morgan fingerprint density at radius 2 is 1.89 bits per heavy atom. The van der Waals surface area contributed by atoms with Gasteiger partial charge in [0.25, 0.3) is 0 Å². The van der Waals surface area contributed by atoms with Crippen LogP contribution in [0.1, 0.15) is 11.1 Å². The van der Waals surface area contributed by atoms with Crippen molar-refractivity contribution < 1.29 is 9.13 Å². The van der Waals surface area contributed by atoms with E-state index in [0.29, 0.717) is 22.8 Å². The zero-order valence-electron chi connectivity index (χ0n) is 10.5. The Morgan fingerprint density at radius 3 is 2.50 bits per heavy atom. The van der Waals surface area contributed by atoms with Gasteiger partial charge in [-0.3, -0.25) is 0 Å². The summed E-state index contributed by atoms with van der Waals surface area (Å²) in [5, 5.41) is 7.80. The van der Waals surface area contributed by atoms with Gasteiger partial charge >= 0.3 is 0 Å². The van der Waals surface area contributed by atoms with Crippen LogP contribution in [0.25, 0.3) is 11.3 Å². The molecular formula is C13H14FN3O. The summed E-state index contributed by atoms with van der Waals surface area (Å²) in [6.45, 7) is 3.68. The van der Waals surface area contributed by atoms with Crippen LogP contribution in [-0.2, 0) is 0 Å². The molecule has 0 amide bonds. The molecule has 0 atom stereocenters. The molecule has 1 heterocycles. The first-order valence-corrected chi connectivity index (χ1v) is 5.48. The van der Waals surface area contributed by atoms with Crippen LogP contribution in [0, 0.1) is 19.7 Å². The summed E-state index contributed by atoms with van der Waals surface area (Å²) in [6, 6.07) is 4.63. The first-order chi connectivity index (χ1) is 8.54. The summed E-state index contributed by atoms with van der Waals surface area (Å²) in [5.41, 5.74) is 8.20. The van der Waals surface area contributed by atoms with Gasteiger partial charge in [-0.05, 0) is 37.1 Å².